The molecule has 35 heavy (non-hydrogen) atoms. The summed E-state index contributed by atoms with van der Waals surface area (Å²) in [6, 6.07) is 24.8. The van der Waals surface area contributed by atoms with Crippen molar-refractivity contribution < 1.29 is 13.4 Å². The van der Waals surface area contributed by atoms with Gasteiger partial charge in [0.2, 0.25) is 0 Å². The number of rotatable bonds is 15. The van der Waals surface area contributed by atoms with Gasteiger partial charge in [-0.2, -0.15) is 3.89 Å². The third-order valence-electron chi connectivity index (χ3n) is 5.76. The molecule has 188 valence electrons. The van der Waals surface area contributed by atoms with E-state index in [9.17, 15) is 3.89 Å². The molecule has 0 saturated carbocycles. The number of halogens is 1. The van der Waals surface area contributed by atoms with Crippen LogP contribution >= 0.6 is 12.1 Å². The molecular weight excluding hydrogens is 459 g/mol. The maximum atomic E-state index is 12.5. The number of hydrogen-bond donors (Lipinski definition) is 1. The van der Waals surface area contributed by atoms with Crippen LogP contribution in [0.15, 0.2) is 72.8 Å². The summed E-state index contributed by atoms with van der Waals surface area (Å²) in [5.74, 6) is 2.02. The molecule has 1 unspecified atom stereocenters. The highest BCUT2D eigenvalue weighted by atomic mass is 32.2. The van der Waals surface area contributed by atoms with E-state index in [4.69, 9.17) is 15.2 Å². The summed E-state index contributed by atoms with van der Waals surface area (Å²) in [6.45, 7) is 7.40. The highest BCUT2D eigenvalue weighted by Gasteiger charge is 2.14. The van der Waals surface area contributed by atoms with Gasteiger partial charge in [-0.3, -0.25) is 4.90 Å². The quantitative estimate of drug-likeness (QED) is 0.237. The predicted octanol–water partition coefficient (Wildman–Crippen LogP) is 6.70. The molecule has 0 amide bonds. The molecule has 0 saturated heterocycles. The second-order valence-electron chi connectivity index (χ2n) is 8.99. The van der Waals surface area contributed by atoms with E-state index in [-0.39, 0.29) is 6.04 Å². The summed E-state index contributed by atoms with van der Waals surface area (Å²) in [4.78, 5) is 2.41. The van der Waals surface area contributed by atoms with Crippen molar-refractivity contribution >= 4 is 12.1 Å². The second-order valence-corrected chi connectivity index (χ2v) is 9.61. The summed E-state index contributed by atoms with van der Waals surface area (Å²) in [5.41, 5.74) is 10.6. The van der Waals surface area contributed by atoms with Crippen molar-refractivity contribution in [2.45, 2.75) is 52.4 Å². The maximum Gasteiger partial charge on any atom is 0.124 e. The van der Waals surface area contributed by atoms with Crippen molar-refractivity contribution in [3.8, 4) is 11.5 Å². The van der Waals surface area contributed by atoms with Gasteiger partial charge in [0.25, 0.3) is 0 Å². The Kier molecular flexibility index (Phi) is 11.4. The van der Waals surface area contributed by atoms with E-state index in [1.165, 1.54) is 5.56 Å². The number of ether oxygens (including phenoxy) is 2. The number of hydrogen-bond acceptors (Lipinski definition) is 5. The lowest BCUT2D eigenvalue weighted by Crippen LogP contribution is -2.26. The summed E-state index contributed by atoms with van der Waals surface area (Å²) >= 11 is 0.300. The Balaban J connectivity index is 1.74. The minimum Gasteiger partial charge on any atom is -0.492 e. The third-order valence-corrected chi connectivity index (χ3v) is 6.08. The molecule has 0 heterocycles. The van der Waals surface area contributed by atoms with E-state index >= 15 is 0 Å². The standard InChI is InChI=1S/C29H37FN2O2S/c1-23-9-7-11-25(19-23)22-34-29-15-6-4-13-27(29)21-32(16-8-10-24(2)31)20-26-12-3-5-14-28(26)33-17-18-35-30/h3-7,9,11-15,19,24H,8,10,16-18,20-22,31H2,1-2H3. The molecule has 0 fully saturated rings. The molecular formula is C29H37FN2O2S. The van der Waals surface area contributed by atoms with Gasteiger partial charge in [0.05, 0.1) is 12.4 Å². The first-order valence-electron chi connectivity index (χ1n) is 12.2. The molecule has 0 aliphatic rings. The fourth-order valence-electron chi connectivity index (χ4n) is 4.03. The second kappa shape index (κ2) is 14.8. The molecule has 0 radical (unpaired) electrons. The summed E-state index contributed by atoms with van der Waals surface area (Å²) in [7, 11) is 0. The topological polar surface area (TPSA) is 47.7 Å². The number of benzene rings is 3. The first-order chi connectivity index (χ1) is 17.0. The van der Waals surface area contributed by atoms with Gasteiger partial charge in [0.15, 0.2) is 0 Å². The monoisotopic (exact) mass is 496 g/mol. The van der Waals surface area contributed by atoms with Gasteiger partial charge in [0, 0.05) is 42.4 Å². The largest absolute Gasteiger partial charge is 0.492 e. The van der Waals surface area contributed by atoms with Crippen molar-refractivity contribution in [1.82, 2.24) is 4.90 Å². The molecule has 3 aromatic carbocycles. The Labute approximate surface area is 213 Å². The van der Waals surface area contributed by atoms with Crippen LogP contribution in [0.25, 0.3) is 0 Å². The molecule has 0 aliphatic carbocycles. The zero-order chi connectivity index (χ0) is 24.9. The van der Waals surface area contributed by atoms with E-state index in [1.807, 2.05) is 37.3 Å². The Hall–Kier alpha value is -2.54. The zero-order valence-electron chi connectivity index (χ0n) is 20.8. The molecule has 0 spiro atoms. The minimum absolute atomic E-state index is 0.176. The average molecular weight is 497 g/mol. The molecule has 4 nitrogen and oxygen atoms in total. The highest BCUT2D eigenvalue weighted by Crippen LogP contribution is 2.25. The average Bonchev–Trinajstić information content (AvgIpc) is 2.84. The van der Waals surface area contributed by atoms with E-state index in [2.05, 4.69) is 54.3 Å². The van der Waals surface area contributed by atoms with Crippen molar-refractivity contribution in [3.63, 3.8) is 0 Å². The molecule has 2 N–H and O–H groups in total. The predicted molar refractivity (Wildman–Crippen MR) is 144 cm³/mol. The highest BCUT2D eigenvalue weighted by molar-refractivity contribution is 7.94. The van der Waals surface area contributed by atoms with Gasteiger partial charge in [-0.05, 0) is 50.9 Å². The molecule has 0 bridgehead atoms. The lowest BCUT2D eigenvalue weighted by molar-refractivity contribution is 0.234. The Bertz CT molecular complexity index is 1030. The number of nitrogens with zero attached hydrogens (tertiary/aromatic N) is 1. The van der Waals surface area contributed by atoms with Crippen molar-refractivity contribution in [3.05, 3.63) is 95.1 Å². The lowest BCUT2D eigenvalue weighted by Gasteiger charge is -2.25. The van der Waals surface area contributed by atoms with Crippen LogP contribution in [0.5, 0.6) is 11.5 Å². The maximum absolute atomic E-state index is 12.5. The van der Waals surface area contributed by atoms with E-state index in [1.54, 1.807) is 0 Å². The first-order valence-corrected chi connectivity index (χ1v) is 13.1. The minimum atomic E-state index is 0.176. The summed E-state index contributed by atoms with van der Waals surface area (Å²) < 4.78 is 24.6. The lowest BCUT2D eigenvalue weighted by atomic mass is 10.1. The van der Waals surface area contributed by atoms with E-state index in [0.29, 0.717) is 31.1 Å². The molecule has 0 aliphatic heterocycles. The Morgan fingerprint density at radius 3 is 2.20 bits per heavy atom. The van der Waals surface area contributed by atoms with Gasteiger partial charge in [-0.1, -0.05) is 66.2 Å². The molecule has 3 rings (SSSR count). The summed E-state index contributed by atoms with van der Waals surface area (Å²) in [5, 5.41) is 0. The number of aryl methyl sites for hydroxylation is 1. The van der Waals surface area contributed by atoms with E-state index in [0.717, 1.165) is 60.7 Å². The Morgan fingerprint density at radius 2 is 1.57 bits per heavy atom. The SMILES string of the molecule is Cc1cccc(COc2ccccc2CN(CCCC(C)N)Cc2ccccc2OCCSF)c1. The van der Waals surface area contributed by atoms with Crippen molar-refractivity contribution in [2.75, 3.05) is 18.9 Å². The van der Waals surface area contributed by atoms with Crippen LogP contribution in [0.2, 0.25) is 0 Å². The zero-order valence-corrected chi connectivity index (χ0v) is 21.6. The third kappa shape index (κ3) is 9.55. The van der Waals surface area contributed by atoms with Crippen LogP contribution in [0.4, 0.5) is 3.89 Å². The first kappa shape index (κ1) is 27.1. The molecule has 6 heteroatoms. The van der Waals surface area contributed by atoms with Crippen LogP contribution in [0.3, 0.4) is 0 Å². The van der Waals surface area contributed by atoms with Gasteiger partial charge in [0.1, 0.15) is 18.1 Å². The van der Waals surface area contributed by atoms with Crippen LogP contribution in [-0.2, 0) is 19.7 Å². The van der Waals surface area contributed by atoms with Crippen LogP contribution < -0.4 is 15.2 Å². The van der Waals surface area contributed by atoms with Crippen LogP contribution in [-0.4, -0.2) is 29.8 Å². The normalized spacial score (nSPS) is 12.0. The number of para-hydroxylation sites is 2. The van der Waals surface area contributed by atoms with Crippen LogP contribution in [0.1, 0.15) is 42.0 Å². The smallest absolute Gasteiger partial charge is 0.124 e. The van der Waals surface area contributed by atoms with Crippen molar-refractivity contribution in [2.24, 2.45) is 5.73 Å². The summed E-state index contributed by atoms with van der Waals surface area (Å²) in [6.07, 6.45) is 1.97. The Morgan fingerprint density at radius 1 is 0.914 bits per heavy atom. The molecule has 1 atom stereocenters. The molecule has 0 aromatic heterocycles. The molecule has 3 aromatic rings. The van der Waals surface area contributed by atoms with Crippen molar-refractivity contribution in [1.29, 1.82) is 0 Å². The van der Waals surface area contributed by atoms with Gasteiger partial charge < -0.3 is 15.2 Å². The van der Waals surface area contributed by atoms with Crippen LogP contribution in [0, 0.1) is 6.92 Å². The fraction of sp³-hybridized carbons (Fsp3) is 0.379. The van der Waals surface area contributed by atoms with Gasteiger partial charge in [-0.15, -0.1) is 0 Å². The van der Waals surface area contributed by atoms with E-state index < -0.39 is 0 Å². The fourth-order valence-corrected chi connectivity index (χ4v) is 4.18. The van der Waals surface area contributed by atoms with Gasteiger partial charge >= 0.3 is 0 Å². The van der Waals surface area contributed by atoms with Gasteiger partial charge in [-0.25, -0.2) is 0 Å². The number of nitrogens with two attached hydrogens (primary N) is 1.